The summed E-state index contributed by atoms with van der Waals surface area (Å²) in [6.07, 6.45) is 2.42. The first-order chi connectivity index (χ1) is 11.0. The van der Waals surface area contributed by atoms with Gasteiger partial charge < -0.3 is 15.4 Å². The van der Waals surface area contributed by atoms with Crippen LogP contribution in [0.1, 0.15) is 54.1 Å². The van der Waals surface area contributed by atoms with Gasteiger partial charge in [0.2, 0.25) is 0 Å². The lowest BCUT2D eigenvalue weighted by Crippen LogP contribution is -2.46. The number of carbonyl (C=O) groups is 2. The maximum absolute atomic E-state index is 12.4. The van der Waals surface area contributed by atoms with Gasteiger partial charge in [0.25, 0.3) is 11.8 Å². The summed E-state index contributed by atoms with van der Waals surface area (Å²) in [6.45, 7) is 6.05. The van der Waals surface area contributed by atoms with Gasteiger partial charge in [0.15, 0.2) is 11.4 Å². The average Bonchev–Trinajstić information content (AvgIpc) is 2.92. The predicted octanol–water partition coefficient (Wildman–Crippen LogP) is 0.345. The third kappa shape index (κ3) is 3.52. The number of hydrogen-bond acceptors (Lipinski definition) is 5. The lowest BCUT2D eigenvalue weighted by Gasteiger charge is -2.26. The molecule has 0 bridgehead atoms. The molecule has 8 nitrogen and oxygen atoms in total. The molecule has 1 atom stereocenters. The van der Waals surface area contributed by atoms with Crippen LogP contribution < -0.4 is 10.6 Å². The van der Waals surface area contributed by atoms with Crippen LogP contribution in [0.2, 0.25) is 0 Å². The van der Waals surface area contributed by atoms with E-state index >= 15 is 0 Å². The molecule has 3 heterocycles. The molecule has 3 rings (SSSR count). The van der Waals surface area contributed by atoms with Gasteiger partial charge >= 0.3 is 0 Å². The Hall–Kier alpha value is -1.96. The lowest BCUT2D eigenvalue weighted by atomic mass is 10.0. The molecule has 1 fully saturated rings. The van der Waals surface area contributed by atoms with Gasteiger partial charge in [-0.25, -0.2) is 4.68 Å². The van der Waals surface area contributed by atoms with Crippen molar-refractivity contribution in [1.82, 2.24) is 25.6 Å². The van der Waals surface area contributed by atoms with E-state index < -0.39 is 0 Å². The molecular weight excluding hydrogens is 298 g/mol. The Morgan fingerprint density at radius 1 is 1.43 bits per heavy atom. The van der Waals surface area contributed by atoms with Crippen molar-refractivity contribution < 1.29 is 14.3 Å². The van der Waals surface area contributed by atoms with Gasteiger partial charge in [0, 0.05) is 25.3 Å². The minimum Gasteiger partial charge on any atom is -0.381 e. The second kappa shape index (κ2) is 6.66. The zero-order chi connectivity index (χ0) is 16.4. The van der Waals surface area contributed by atoms with E-state index in [1.807, 2.05) is 0 Å². The number of aromatic nitrogens is 3. The highest BCUT2D eigenvalue weighted by atomic mass is 16.5. The number of amides is 2. The van der Waals surface area contributed by atoms with E-state index in [0.717, 1.165) is 19.3 Å². The Morgan fingerprint density at radius 2 is 2.17 bits per heavy atom. The third-order valence-corrected chi connectivity index (χ3v) is 4.21. The van der Waals surface area contributed by atoms with Gasteiger partial charge in [-0.1, -0.05) is 19.1 Å². The van der Waals surface area contributed by atoms with Gasteiger partial charge in [-0.3, -0.25) is 9.59 Å². The molecule has 1 aromatic heterocycles. The van der Waals surface area contributed by atoms with Crippen molar-refractivity contribution in [3.05, 3.63) is 11.4 Å². The molecule has 0 unspecified atom stereocenters. The molecule has 0 radical (unpaired) electrons. The molecule has 0 saturated carbocycles. The van der Waals surface area contributed by atoms with Crippen molar-refractivity contribution in [2.75, 3.05) is 13.2 Å². The van der Waals surface area contributed by atoms with E-state index in [9.17, 15) is 9.59 Å². The van der Waals surface area contributed by atoms with Gasteiger partial charge in [-0.15, -0.1) is 5.10 Å². The smallest absolute Gasteiger partial charge is 0.274 e. The second-order valence-corrected chi connectivity index (χ2v) is 6.63. The SMILES string of the molecule is CC(C)C[C@H]1Cn2nnc(C(=O)NC3CCOCC3)c2C(=O)N1. The Balaban J connectivity index is 1.72. The quantitative estimate of drug-likeness (QED) is 0.833. The van der Waals surface area contributed by atoms with Crippen LogP contribution >= 0.6 is 0 Å². The predicted molar refractivity (Wildman–Crippen MR) is 82.0 cm³/mol. The van der Waals surface area contributed by atoms with Crippen molar-refractivity contribution in [2.45, 2.75) is 51.7 Å². The van der Waals surface area contributed by atoms with Crippen LogP contribution in [0.25, 0.3) is 0 Å². The first-order valence-electron chi connectivity index (χ1n) is 8.17. The van der Waals surface area contributed by atoms with E-state index in [2.05, 4.69) is 34.8 Å². The summed E-state index contributed by atoms with van der Waals surface area (Å²) >= 11 is 0. The normalized spacial score (nSPS) is 21.9. The molecule has 126 valence electrons. The molecule has 0 aromatic carbocycles. The minimum absolute atomic E-state index is 0.0307. The number of nitrogens with zero attached hydrogens (tertiary/aromatic N) is 3. The van der Waals surface area contributed by atoms with Gasteiger partial charge in [-0.2, -0.15) is 0 Å². The molecule has 0 spiro atoms. The van der Waals surface area contributed by atoms with Crippen LogP contribution in [0.3, 0.4) is 0 Å². The van der Waals surface area contributed by atoms with E-state index in [0.29, 0.717) is 25.7 Å². The van der Waals surface area contributed by atoms with Gasteiger partial charge in [-0.05, 0) is 25.2 Å². The fourth-order valence-corrected chi connectivity index (χ4v) is 3.12. The van der Waals surface area contributed by atoms with Crippen LogP contribution in [-0.2, 0) is 11.3 Å². The summed E-state index contributed by atoms with van der Waals surface area (Å²) in [5, 5.41) is 13.8. The van der Waals surface area contributed by atoms with Crippen molar-refractivity contribution in [2.24, 2.45) is 5.92 Å². The first-order valence-corrected chi connectivity index (χ1v) is 8.17. The molecule has 8 heteroatoms. The number of nitrogens with one attached hydrogen (secondary N) is 2. The van der Waals surface area contributed by atoms with Crippen molar-refractivity contribution in [3.8, 4) is 0 Å². The van der Waals surface area contributed by atoms with Crippen LogP contribution in [0, 0.1) is 5.92 Å². The molecule has 0 aliphatic carbocycles. The highest BCUT2D eigenvalue weighted by molar-refractivity contribution is 6.05. The zero-order valence-electron chi connectivity index (χ0n) is 13.5. The number of ether oxygens (including phenoxy) is 1. The Morgan fingerprint density at radius 3 is 2.87 bits per heavy atom. The molecule has 2 N–H and O–H groups in total. The van der Waals surface area contributed by atoms with Crippen molar-refractivity contribution >= 4 is 11.8 Å². The van der Waals surface area contributed by atoms with E-state index in [-0.39, 0.29) is 35.3 Å². The first kappa shape index (κ1) is 15.9. The fourth-order valence-electron chi connectivity index (χ4n) is 3.12. The maximum atomic E-state index is 12.4. The summed E-state index contributed by atoms with van der Waals surface area (Å²) in [6, 6.07) is 0.0945. The fraction of sp³-hybridized carbons (Fsp3) is 0.733. The minimum atomic E-state index is -0.337. The third-order valence-electron chi connectivity index (χ3n) is 4.21. The molecule has 2 amide bonds. The van der Waals surface area contributed by atoms with Crippen LogP contribution in [0.15, 0.2) is 0 Å². The second-order valence-electron chi connectivity index (χ2n) is 6.63. The van der Waals surface area contributed by atoms with Gasteiger partial charge in [0.1, 0.15) is 0 Å². The van der Waals surface area contributed by atoms with Gasteiger partial charge in [0.05, 0.1) is 6.54 Å². The Labute approximate surface area is 134 Å². The summed E-state index contributed by atoms with van der Waals surface area (Å²) in [5.74, 6) is -0.138. The van der Waals surface area contributed by atoms with Crippen LogP contribution in [-0.4, -0.2) is 52.1 Å². The average molecular weight is 321 g/mol. The summed E-state index contributed by atoms with van der Waals surface area (Å²) in [4.78, 5) is 24.7. The summed E-state index contributed by atoms with van der Waals surface area (Å²) < 4.78 is 6.82. The number of carbonyl (C=O) groups excluding carboxylic acids is 2. The molecular formula is C15H23N5O3. The van der Waals surface area contributed by atoms with E-state index in [4.69, 9.17) is 4.74 Å². The highest BCUT2D eigenvalue weighted by Gasteiger charge is 2.32. The topological polar surface area (TPSA) is 98.1 Å². The monoisotopic (exact) mass is 321 g/mol. The molecule has 1 aromatic rings. The number of rotatable bonds is 4. The van der Waals surface area contributed by atoms with Crippen LogP contribution in [0.4, 0.5) is 0 Å². The molecule has 23 heavy (non-hydrogen) atoms. The lowest BCUT2D eigenvalue weighted by molar-refractivity contribution is 0.0690. The largest absolute Gasteiger partial charge is 0.381 e. The molecule has 1 saturated heterocycles. The highest BCUT2D eigenvalue weighted by Crippen LogP contribution is 2.16. The zero-order valence-corrected chi connectivity index (χ0v) is 13.5. The van der Waals surface area contributed by atoms with E-state index in [1.165, 1.54) is 0 Å². The summed E-state index contributed by atoms with van der Waals surface area (Å²) in [7, 11) is 0. The summed E-state index contributed by atoms with van der Waals surface area (Å²) in [5.41, 5.74) is 0.367. The Bertz CT molecular complexity index is 592. The van der Waals surface area contributed by atoms with Crippen LogP contribution in [0.5, 0.6) is 0 Å². The number of fused-ring (bicyclic) bond motifs is 1. The number of hydrogen-bond donors (Lipinski definition) is 2. The standard InChI is InChI=1S/C15H23N5O3/c1-9(2)7-11-8-20-13(15(22)17-11)12(18-19-20)14(21)16-10-3-5-23-6-4-10/h9-11H,3-8H2,1-2H3,(H,16,21)(H,17,22)/t11-/m0/s1. The molecule has 2 aliphatic rings. The van der Waals surface area contributed by atoms with Crippen molar-refractivity contribution in [1.29, 1.82) is 0 Å². The molecule has 2 aliphatic heterocycles. The Kier molecular flexibility index (Phi) is 4.61. The van der Waals surface area contributed by atoms with Crippen molar-refractivity contribution in [3.63, 3.8) is 0 Å². The maximum Gasteiger partial charge on any atom is 0.274 e. The van der Waals surface area contributed by atoms with E-state index in [1.54, 1.807) is 4.68 Å².